The second-order valence-corrected chi connectivity index (χ2v) is 7.10. The molecule has 0 bridgehead atoms. The quantitative estimate of drug-likeness (QED) is 0.398. The van der Waals surface area contributed by atoms with E-state index in [-0.39, 0.29) is 24.0 Å². The van der Waals surface area contributed by atoms with Gasteiger partial charge in [-0.25, -0.2) is 4.68 Å². The van der Waals surface area contributed by atoms with Crippen LogP contribution in [0.15, 0.2) is 47.7 Å². The molecule has 0 aliphatic carbocycles. The summed E-state index contributed by atoms with van der Waals surface area (Å²) in [5.74, 6) is 0.868. The van der Waals surface area contributed by atoms with E-state index >= 15 is 0 Å². The zero-order valence-electron chi connectivity index (χ0n) is 15.6. The van der Waals surface area contributed by atoms with E-state index in [9.17, 15) is 0 Å². The third-order valence-electron chi connectivity index (χ3n) is 3.80. The summed E-state index contributed by atoms with van der Waals surface area (Å²) in [4.78, 5) is 4.27. The topological polar surface area (TPSA) is 54.2 Å². The molecule has 2 N–H and O–H groups in total. The van der Waals surface area contributed by atoms with E-state index in [1.165, 1.54) is 5.56 Å². The zero-order valence-corrected chi connectivity index (χ0v) is 18.0. The van der Waals surface area contributed by atoms with Crippen LogP contribution in [0, 0.1) is 5.41 Å². The van der Waals surface area contributed by atoms with Gasteiger partial charge in [0.15, 0.2) is 5.96 Å². The van der Waals surface area contributed by atoms with E-state index in [1.54, 1.807) is 6.20 Å². The highest BCUT2D eigenvalue weighted by atomic mass is 127. The lowest BCUT2D eigenvalue weighted by Crippen LogP contribution is -2.39. The first kappa shape index (κ1) is 21.5. The number of rotatable bonds is 6. The standard InChI is InChI=1S/C19H29N5.HI/c1-19(2,3)11-14-22-18(20-4)21-13-10-16-6-8-17(9-7-16)24-15-5-12-23-24;/h5-9,12,15H,10-11,13-14H2,1-4H3,(H2,20,21,22);1H. The predicted molar refractivity (Wildman–Crippen MR) is 116 cm³/mol. The number of benzene rings is 1. The van der Waals surface area contributed by atoms with E-state index in [1.807, 2.05) is 24.0 Å². The maximum atomic E-state index is 4.27. The number of nitrogens with zero attached hydrogens (tertiary/aromatic N) is 3. The first-order valence-corrected chi connectivity index (χ1v) is 8.51. The summed E-state index contributed by atoms with van der Waals surface area (Å²) in [5, 5.41) is 11.0. The minimum absolute atomic E-state index is 0. The largest absolute Gasteiger partial charge is 0.356 e. The smallest absolute Gasteiger partial charge is 0.190 e. The van der Waals surface area contributed by atoms with Gasteiger partial charge in [0, 0.05) is 32.5 Å². The molecule has 1 heterocycles. The molecule has 0 radical (unpaired) electrons. The number of aliphatic imine (C=N–C) groups is 1. The van der Waals surface area contributed by atoms with Crippen molar-refractivity contribution < 1.29 is 0 Å². The number of nitrogens with one attached hydrogen (secondary N) is 2. The fourth-order valence-electron chi connectivity index (χ4n) is 2.34. The van der Waals surface area contributed by atoms with E-state index in [0.29, 0.717) is 5.41 Å². The van der Waals surface area contributed by atoms with Crippen molar-refractivity contribution in [2.24, 2.45) is 10.4 Å². The first-order chi connectivity index (χ1) is 11.5. The predicted octanol–water partition coefficient (Wildman–Crippen LogP) is 3.63. The van der Waals surface area contributed by atoms with E-state index < -0.39 is 0 Å². The van der Waals surface area contributed by atoms with Gasteiger partial charge in [0.25, 0.3) is 0 Å². The maximum Gasteiger partial charge on any atom is 0.190 e. The fourth-order valence-corrected chi connectivity index (χ4v) is 2.34. The van der Waals surface area contributed by atoms with Gasteiger partial charge in [-0.15, -0.1) is 24.0 Å². The molecule has 2 aromatic rings. The molecule has 1 aromatic carbocycles. The molecule has 25 heavy (non-hydrogen) atoms. The SMILES string of the molecule is CN=C(NCCc1ccc(-n2cccn2)cc1)NCCC(C)(C)C.I. The Morgan fingerprint density at radius 1 is 1.12 bits per heavy atom. The number of halogens is 1. The summed E-state index contributed by atoms with van der Waals surface area (Å²) in [7, 11) is 1.81. The molecule has 1 aromatic heterocycles. The maximum absolute atomic E-state index is 4.27. The van der Waals surface area contributed by atoms with Crippen LogP contribution in [0.1, 0.15) is 32.8 Å². The number of guanidine groups is 1. The summed E-state index contributed by atoms with van der Waals surface area (Å²) in [6.07, 6.45) is 5.81. The highest BCUT2D eigenvalue weighted by Crippen LogP contribution is 2.16. The van der Waals surface area contributed by atoms with Gasteiger partial charge >= 0.3 is 0 Å². The molecule has 0 fully saturated rings. The van der Waals surface area contributed by atoms with E-state index in [2.05, 4.69) is 65.8 Å². The van der Waals surface area contributed by atoms with Crippen molar-refractivity contribution in [2.75, 3.05) is 20.1 Å². The Hall–Kier alpha value is -1.57. The summed E-state index contributed by atoms with van der Waals surface area (Å²) < 4.78 is 1.86. The Kier molecular flexibility index (Phi) is 8.96. The Labute approximate surface area is 168 Å². The van der Waals surface area contributed by atoms with Gasteiger partial charge in [-0.3, -0.25) is 4.99 Å². The molecule has 5 nitrogen and oxygen atoms in total. The van der Waals surface area contributed by atoms with Crippen molar-refractivity contribution in [1.82, 2.24) is 20.4 Å². The molecule has 138 valence electrons. The molecule has 0 saturated carbocycles. The fraction of sp³-hybridized carbons (Fsp3) is 0.474. The molecule has 0 aliphatic heterocycles. The first-order valence-electron chi connectivity index (χ1n) is 8.51. The van der Waals surface area contributed by atoms with Crippen LogP contribution in [-0.2, 0) is 6.42 Å². The average Bonchev–Trinajstić information content (AvgIpc) is 3.07. The second-order valence-electron chi connectivity index (χ2n) is 7.10. The lowest BCUT2D eigenvalue weighted by Gasteiger charge is -2.19. The van der Waals surface area contributed by atoms with Gasteiger partial charge in [-0.1, -0.05) is 32.9 Å². The minimum Gasteiger partial charge on any atom is -0.356 e. The lowest BCUT2D eigenvalue weighted by atomic mass is 9.92. The van der Waals surface area contributed by atoms with E-state index in [0.717, 1.165) is 37.6 Å². The van der Waals surface area contributed by atoms with Crippen LogP contribution in [0.2, 0.25) is 0 Å². The number of aromatic nitrogens is 2. The monoisotopic (exact) mass is 455 g/mol. The Morgan fingerprint density at radius 3 is 2.36 bits per heavy atom. The molecule has 6 heteroatoms. The average molecular weight is 455 g/mol. The van der Waals surface area contributed by atoms with Gasteiger partial charge in [-0.05, 0) is 42.0 Å². The van der Waals surface area contributed by atoms with Gasteiger partial charge in [0.05, 0.1) is 5.69 Å². The van der Waals surface area contributed by atoms with Crippen LogP contribution in [-0.4, -0.2) is 35.9 Å². The molecule has 0 aliphatic rings. The third-order valence-corrected chi connectivity index (χ3v) is 3.80. The minimum atomic E-state index is 0. The van der Waals surface area contributed by atoms with Crippen LogP contribution >= 0.6 is 24.0 Å². The Bertz CT molecular complexity index is 627. The van der Waals surface area contributed by atoms with Crippen LogP contribution in [0.3, 0.4) is 0 Å². The molecule has 0 unspecified atom stereocenters. The molecular weight excluding hydrogens is 425 g/mol. The molecular formula is C19H30IN5. The summed E-state index contributed by atoms with van der Waals surface area (Å²) >= 11 is 0. The molecule has 0 atom stereocenters. The van der Waals surface area contributed by atoms with Gasteiger partial charge in [-0.2, -0.15) is 5.10 Å². The summed E-state index contributed by atoms with van der Waals surface area (Å²) in [6, 6.07) is 10.4. The van der Waals surface area contributed by atoms with Gasteiger partial charge in [0.1, 0.15) is 0 Å². The lowest BCUT2D eigenvalue weighted by molar-refractivity contribution is 0.377. The summed E-state index contributed by atoms with van der Waals surface area (Å²) in [5.41, 5.74) is 2.71. The molecule has 0 saturated heterocycles. The van der Waals surface area contributed by atoms with Crippen molar-refractivity contribution >= 4 is 29.9 Å². The second kappa shape index (κ2) is 10.4. The van der Waals surface area contributed by atoms with Crippen molar-refractivity contribution in [3.63, 3.8) is 0 Å². The van der Waals surface area contributed by atoms with Crippen LogP contribution in [0.5, 0.6) is 0 Å². The van der Waals surface area contributed by atoms with E-state index in [4.69, 9.17) is 0 Å². The van der Waals surface area contributed by atoms with Gasteiger partial charge < -0.3 is 10.6 Å². The zero-order chi connectivity index (χ0) is 17.4. The molecule has 0 spiro atoms. The van der Waals surface area contributed by atoms with Crippen molar-refractivity contribution in [2.45, 2.75) is 33.6 Å². The number of hydrogen-bond acceptors (Lipinski definition) is 2. The van der Waals surface area contributed by atoms with Crippen LogP contribution < -0.4 is 10.6 Å². The van der Waals surface area contributed by atoms with Gasteiger partial charge in [0.2, 0.25) is 0 Å². The van der Waals surface area contributed by atoms with Crippen LogP contribution in [0.4, 0.5) is 0 Å². The normalized spacial score (nSPS) is 11.8. The summed E-state index contributed by atoms with van der Waals surface area (Å²) in [6.45, 7) is 8.53. The Morgan fingerprint density at radius 2 is 1.80 bits per heavy atom. The van der Waals surface area contributed by atoms with Crippen molar-refractivity contribution in [1.29, 1.82) is 0 Å². The molecule has 0 amide bonds. The number of hydrogen-bond donors (Lipinski definition) is 2. The van der Waals surface area contributed by atoms with Crippen molar-refractivity contribution in [3.8, 4) is 5.69 Å². The highest BCUT2D eigenvalue weighted by molar-refractivity contribution is 14.0. The molecule has 2 rings (SSSR count). The highest BCUT2D eigenvalue weighted by Gasteiger charge is 2.09. The van der Waals surface area contributed by atoms with Crippen molar-refractivity contribution in [3.05, 3.63) is 48.3 Å². The Balaban J connectivity index is 0.00000312. The van der Waals surface area contributed by atoms with Crippen LogP contribution in [0.25, 0.3) is 5.69 Å². The third kappa shape index (κ3) is 7.90.